The molecule has 0 atom stereocenters. The minimum absolute atomic E-state index is 0.0444. The normalized spacial score (nSPS) is 10.1. The van der Waals surface area contributed by atoms with Crippen LogP contribution in [0.2, 0.25) is 0 Å². The first kappa shape index (κ1) is 14.5. The number of hydrogen-bond donors (Lipinski definition) is 2. The minimum Gasteiger partial charge on any atom is -0.364 e. The number of urea groups is 1. The Hall–Kier alpha value is -2.90. The molecule has 0 unspecified atom stereocenters. The van der Waals surface area contributed by atoms with Gasteiger partial charge in [0, 0.05) is 24.7 Å². The number of rotatable bonds is 6. The van der Waals surface area contributed by atoms with Crippen molar-refractivity contribution in [2.45, 2.75) is 13.0 Å². The number of carbonyl (C=O) groups excluding carboxylic acids is 1. The first-order chi connectivity index (χ1) is 10.1. The van der Waals surface area contributed by atoms with Gasteiger partial charge in [-0.25, -0.2) is 4.79 Å². The van der Waals surface area contributed by atoms with E-state index in [4.69, 9.17) is 0 Å². The molecule has 1 aromatic heterocycles. The lowest BCUT2D eigenvalue weighted by Crippen LogP contribution is -2.36. The van der Waals surface area contributed by atoms with Gasteiger partial charge in [0.25, 0.3) is 5.69 Å². The van der Waals surface area contributed by atoms with Crippen LogP contribution in [0.25, 0.3) is 0 Å². The van der Waals surface area contributed by atoms with Crippen molar-refractivity contribution in [2.75, 3.05) is 6.54 Å². The van der Waals surface area contributed by atoms with Crippen LogP contribution in [0.3, 0.4) is 0 Å². The van der Waals surface area contributed by atoms with Crippen molar-refractivity contribution in [2.24, 2.45) is 0 Å². The van der Waals surface area contributed by atoms with Crippen LogP contribution < -0.4 is 10.6 Å². The van der Waals surface area contributed by atoms with E-state index in [1.165, 1.54) is 18.4 Å². The minimum atomic E-state index is -0.443. The highest BCUT2D eigenvalue weighted by atomic mass is 16.6. The van der Waals surface area contributed by atoms with Gasteiger partial charge >= 0.3 is 6.03 Å². The molecule has 1 aromatic carbocycles. The van der Waals surface area contributed by atoms with E-state index in [-0.39, 0.29) is 18.3 Å². The fourth-order valence-corrected chi connectivity index (χ4v) is 1.71. The van der Waals surface area contributed by atoms with Crippen molar-refractivity contribution >= 4 is 11.7 Å². The molecule has 2 N–H and O–H groups in total. The van der Waals surface area contributed by atoms with Crippen LogP contribution in [0.15, 0.2) is 41.1 Å². The molecule has 0 radical (unpaired) electrons. The standard InChI is InChI=1S/C13H14N4O4/c18-13(15-9-11-5-7-21-16-11)14-6-4-10-2-1-3-12(8-10)17(19)20/h1-3,5,7-8H,4,6,9H2,(H2,14,15,18). The van der Waals surface area contributed by atoms with Crippen LogP contribution in [0.1, 0.15) is 11.3 Å². The molecule has 0 aliphatic carbocycles. The molecule has 110 valence electrons. The summed E-state index contributed by atoms with van der Waals surface area (Å²) in [7, 11) is 0. The molecule has 0 spiro atoms. The van der Waals surface area contributed by atoms with Gasteiger partial charge in [0.05, 0.1) is 11.5 Å². The van der Waals surface area contributed by atoms with Crippen LogP contribution in [0, 0.1) is 10.1 Å². The SMILES string of the molecule is O=C(NCCc1cccc([N+](=O)[O-])c1)NCc1ccon1. The predicted octanol–water partition coefficient (Wildman–Crippen LogP) is 1.62. The average Bonchev–Trinajstić information content (AvgIpc) is 2.99. The van der Waals surface area contributed by atoms with Gasteiger partial charge in [0.15, 0.2) is 0 Å². The lowest BCUT2D eigenvalue weighted by Gasteiger charge is -2.06. The maximum atomic E-state index is 11.5. The topological polar surface area (TPSA) is 110 Å². The summed E-state index contributed by atoms with van der Waals surface area (Å²) in [6.45, 7) is 0.658. The van der Waals surface area contributed by atoms with E-state index < -0.39 is 4.92 Å². The summed E-state index contributed by atoms with van der Waals surface area (Å²) in [6.07, 6.45) is 1.94. The van der Waals surface area contributed by atoms with Gasteiger partial charge in [-0.3, -0.25) is 10.1 Å². The summed E-state index contributed by atoms with van der Waals surface area (Å²) in [5.41, 5.74) is 1.47. The molecule has 8 nitrogen and oxygen atoms in total. The first-order valence-electron chi connectivity index (χ1n) is 6.29. The third kappa shape index (κ3) is 4.60. The molecule has 0 saturated heterocycles. The molecule has 0 fully saturated rings. The van der Waals surface area contributed by atoms with Gasteiger partial charge in [-0.1, -0.05) is 17.3 Å². The zero-order chi connectivity index (χ0) is 15.1. The monoisotopic (exact) mass is 290 g/mol. The molecule has 0 aliphatic rings. The van der Waals surface area contributed by atoms with Gasteiger partial charge in [-0.2, -0.15) is 0 Å². The van der Waals surface area contributed by atoms with Crippen molar-refractivity contribution in [3.05, 3.63) is 58.0 Å². The first-order valence-corrected chi connectivity index (χ1v) is 6.29. The highest BCUT2D eigenvalue weighted by molar-refractivity contribution is 5.73. The third-order valence-electron chi connectivity index (χ3n) is 2.74. The summed E-state index contributed by atoms with van der Waals surface area (Å²) in [5, 5.41) is 19.6. The average molecular weight is 290 g/mol. The molecule has 2 amide bonds. The second kappa shape index (κ2) is 7.04. The Labute approximate surface area is 120 Å². The number of aromatic nitrogens is 1. The Morgan fingerprint density at radius 3 is 2.90 bits per heavy atom. The molecule has 8 heteroatoms. The van der Waals surface area contributed by atoms with E-state index in [9.17, 15) is 14.9 Å². The zero-order valence-corrected chi connectivity index (χ0v) is 11.1. The molecular weight excluding hydrogens is 276 g/mol. The summed E-state index contributed by atoms with van der Waals surface area (Å²) < 4.78 is 4.64. The van der Waals surface area contributed by atoms with Crippen molar-refractivity contribution in [1.82, 2.24) is 15.8 Å². The molecule has 0 saturated carbocycles. The number of nitrogens with zero attached hydrogens (tertiary/aromatic N) is 2. The summed E-state index contributed by atoms with van der Waals surface area (Å²) in [4.78, 5) is 21.7. The molecule has 0 bridgehead atoms. The summed E-state index contributed by atoms with van der Waals surface area (Å²) in [5.74, 6) is 0. The number of carbonyl (C=O) groups is 1. The largest absolute Gasteiger partial charge is 0.364 e. The number of nitrogens with one attached hydrogen (secondary N) is 2. The lowest BCUT2D eigenvalue weighted by molar-refractivity contribution is -0.384. The Kier molecular flexibility index (Phi) is 4.86. The number of benzene rings is 1. The van der Waals surface area contributed by atoms with Gasteiger partial charge in [-0.15, -0.1) is 0 Å². The van der Waals surface area contributed by atoms with Crippen LogP contribution >= 0.6 is 0 Å². The van der Waals surface area contributed by atoms with Gasteiger partial charge < -0.3 is 15.2 Å². The van der Waals surface area contributed by atoms with Crippen molar-refractivity contribution in [1.29, 1.82) is 0 Å². The Bertz CT molecular complexity index is 612. The van der Waals surface area contributed by atoms with Gasteiger partial charge in [-0.05, 0) is 12.0 Å². The molecule has 1 heterocycles. The van der Waals surface area contributed by atoms with E-state index in [1.807, 2.05) is 0 Å². The van der Waals surface area contributed by atoms with E-state index in [0.717, 1.165) is 5.56 Å². The number of hydrogen-bond acceptors (Lipinski definition) is 5. The van der Waals surface area contributed by atoms with E-state index in [0.29, 0.717) is 18.7 Å². The second-order valence-electron chi connectivity index (χ2n) is 4.28. The molecule has 2 aromatic rings. The van der Waals surface area contributed by atoms with Crippen LogP contribution in [0.5, 0.6) is 0 Å². The maximum Gasteiger partial charge on any atom is 0.315 e. The summed E-state index contributed by atoms with van der Waals surface area (Å²) in [6, 6.07) is 7.66. The van der Waals surface area contributed by atoms with Crippen LogP contribution in [0.4, 0.5) is 10.5 Å². The number of amides is 2. The Balaban J connectivity index is 1.72. The molecular formula is C13H14N4O4. The van der Waals surface area contributed by atoms with Crippen LogP contribution in [-0.4, -0.2) is 22.7 Å². The van der Waals surface area contributed by atoms with Crippen molar-refractivity contribution < 1.29 is 14.2 Å². The van der Waals surface area contributed by atoms with E-state index in [2.05, 4.69) is 20.3 Å². The Morgan fingerprint density at radius 1 is 1.33 bits per heavy atom. The number of non-ortho nitro benzene ring substituents is 1. The molecule has 21 heavy (non-hydrogen) atoms. The van der Waals surface area contributed by atoms with Gasteiger partial charge in [0.2, 0.25) is 0 Å². The predicted molar refractivity (Wildman–Crippen MR) is 73.5 cm³/mol. The second-order valence-corrected chi connectivity index (χ2v) is 4.28. The molecule has 0 aliphatic heterocycles. The lowest BCUT2D eigenvalue weighted by atomic mass is 10.1. The van der Waals surface area contributed by atoms with Crippen molar-refractivity contribution in [3.8, 4) is 0 Å². The fraction of sp³-hybridized carbons (Fsp3) is 0.231. The smallest absolute Gasteiger partial charge is 0.315 e. The molecule has 2 rings (SSSR count). The summed E-state index contributed by atoms with van der Waals surface area (Å²) >= 11 is 0. The van der Waals surface area contributed by atoms with E-state index in [1.54, 1.807) is 18.2 Å². The Morgan fingerprint density at radius 2 is 2.19 bits per heavy atom. The fourth-order valence-electron chi connectivity index (χ4n) is 1.71. The third-order valence-corrected chi connectivity index (χ3v) is 2.74. The van der Waals surface area contributed by atoms with E-state index >= 15 is 0 Å². The van der Waals surface area contributed by atoms with Gasteiger partial charge in [0.1, 0.15) is 12.0 Å². The quantitative estimate of drug-likeness (QED) is 0.620. The van der Waals surface area contributed by atoms with Crippen molar-refractivity contribution in [3.63, 3.8) is 0 Å². The zero-order valence-electron chi connectivity index (χ0n) is 11.1. The number of nitro groups is 1. The number of nitro benzene ring substituents is 1. The van der Waals surface area contributed by atoms with Crippen LogP contribution in [-0.2, 0) is 13.0 Å². The highest BCUT2D eigenvalue weighted by Crippen LogP contribution is 2.13. The maximum absolute atomic E-state index is 11.5. The highest BCUT2D eigenvalue weighted by Gasteiger charge is 2.06.